The summed E-state index contributed by atoms with van der Waals surface area (Å²) in [6.45, 7) is 3.34. The van der Waals surface area contributed by atoms with E-state index in [1.807, 2.05) is 37.1 Å². The number of anilines is 1. The number of nitrogens with zero attached hydrogens (tertiary/aromatic N) is 2. The fraction of sp³-hybridized carbons (Fsp3) is 0.429. The second kappa shape index (κ2) is 9.09. The lowest BCUT2D eigenvalue weighted by Gasteiger charge is -2.17. The molecular weight excluding hydrogens is 374 g/mol. The topological polar surface area (TPSA) is 74.6 Å². The molecule has 1 N–H and O–H groups in total. The van der Waals surface area contributed by atoms with Gasteiger partial charge in [0.25, 0.3) is 0 Å². The minimum atomic E-state index is -0.114. The molecule has 2 aromatic rings. The standard InChI is InChI=1S/C21H25N3O3S/c1-4-27-17-9-8-14(10-18(17)26-3)12-24(2)13-20(25)23-21-16(11-22)15-6-5-7-19(15)28-21/h8-10H,4-7,12-13H2,1-3H3,(H,23,25). The Bertz CT molecular complexity index is 901. The summed E-state index contributed by atoms with van der Waals surface area (Å²) in [5, 5.41) is 13.1. The van der Waals surface area contributed by atoms with Crippen LogP contribution in [-0.4, -0.2) is 38.1 Å². The van der Waals surface area contributed by atoms with Gasteiger partial charge < -0.3 is 14.8 Å². The van der Waals surface area contributed by atoms with Crippen molar-refractivity contribution in [1.29, 1.82) is 5.26 Å². The molecule has 1 aliphatic rings. The Morgan fingerprint density at radius 1 is 1.36 bits per heavy atom. The SMILES string of the molecule is CCOc1ccc(CN(C)CC(=O)Nc2sc3c(c2C#N)CCC3)cc1OC. The van der Waals surface area contributed by atoms with Crippen LogP contribution >= 0.6 is 11.3 Å². The van der Waals surface area contributed by atoms with E-state index >= 15 is 0 Å². The molecule has 0 saturated carbocycles. The molecule has 0 fully saturated rings. The van der Waals surface area contributed by atoms with E-state index in [-0.39, 0.29) is 12.5 Å². The molecule has 0 unspecified atom stereocenters. The van der Waals surface area contributed by atoms with Crippen LogP contribution in [0, 0.1) is 11.3 Å². The maximum atomic E-state index is 12.5. The van der Waals surface area contributed by atoms with E-state index in [9.17, 15) is 10.1 Å². The van der Waals surface area contributed by atoms with Gasteiger partial charge in [0, 0.05) is 11.4 Å². The fourth-order valence-corrected chi connectivity index (χ4v) is 4.73. The zero-order valence-corrected chi connectivity index (χ0v) is 17.3. The van der Waals surface area contributed by atoms with Gasteiger partial charge >= 0.3 is 0 Å². The number of nitrogens with one attached hydrogen (secondary N) is 1. The molecule has 0 spiro atoms. The van der Waals surface area contributed by atoms with Crippen molar-refractivity contribution in [3.8, 4) is 17.6 Å². The number of rotatable bonds is 8. The number of benzene rings is 1. The molecule has 1 aliphatic carbocycles. The van der Waals surface area contributed by atoms with Gasteiger partial charge in [-0.25, -0.2) is 0 Å². The third-order valence-corrected chi connectivity index (χ3v) is 5.89. The Balaban J connectivity index is 1.60. The molecule has 0 saturated heterocycles. The lowest BCUT2D eigenvalue weighted by Crippen LogP contribution is -2.29. The molecule has 148 valence electrons. The maximum Gasteiger partial charge on any atom is 0.239 e. The number of carbonyl (C=O) groups is 1. The van der Waals surface area contributed by atoms with Crippen molar-refractivity contribution in [2.24, 2.45) is 0 Å². The number of carbonyl (C=O) groups excluding carboxylic acids is 1. The summed E-state index contributed by atoms with van der Waals surface area (Å²) in [4.78, 5) is 15.6. The van der Waals surface area contributed by atoms with Crippen LogP contribution in [0.1, 0.15) is 34.9 Å². The molecule has 0 atom stereocenters. The van der Waals surface area contributed by atoms with E-state index in [4.69, 9.17) is 9.47 Å². The minimum Gasteiger partial charge on any atom is -0.493 e. The van der Waals surface area contributed by atoms with Crippen LogP contribution in [0.4, 0.5) is 5.00 Å². The van der Waals surface area contributed by atoms with Crippen LogP contribution in [0.3, 0.4) is 0 Å². The smallest absolute Gasteiger partial charge is 0.239 e. The summed E-state index contributed by atoms with van der Waals surface area (Å²) in [6, 6.07) is 8.05. The van der Waals surface area contributed by atoms with Gasteiger partial charge in [-0.05, 0) is 56.5 Å². The Morgan fingerprint density at radius 3 is 2.89 bits per heavy atom. The molecular formula is C21H25N3O3S. The van der Waals surface area contributed by atoms with E-state index in [1.165, 1.54) is 4.88 Å². The van der Waals surface area contributed by atoms with E-state index in [0.29, 0.717) is 35.2 Å². The van der Waals surface area contributed by atoms with Crippen molar-refractivity contribution in [2.75, 3.05) is 32.6 Å². The number of likely N-dealkylation sites (N-methyl/N-ethyl adjacent to an activating group) is 1. The average molecular weight is 400 g/mol. The lowest BCUT2D eigenvalue weighted by molar-refractivity contribution is -0.117. The monoisotopic (exact) mass is 399 g/mol. The van der Waals surface area contributed by atoms with E-state index in [1.54, 1.807) is 18.4 Å². The van der Waals surface area contributed by atoms with Gasteiger partial charge in [-0.15, -0.1) is 11.3 Å². The maximum absolute atomic E-state index is 12.5. The van der Waals surface area contributed by atoms with Gasteiger partial charge in [0.15, 0.2) is 11.5 Å². The van der Waals surface area contributed by atoms with Crippen molar-refractivity contribution >= 4 is 22.2 Å². The van der Waals surface area contributed by atoms with Crippen LogP contribution in [-0.2, 0) is 24.2 Å². The Kier molecular flexibility index (Phi) is 6.55. The second-order valence-corrected chi connectivity index (χ2v) is 7.92. The van der Waals surface area contributed by atoms with Crippen molar-refractivity contribution in [1.82, 2.24) is 4.90 Å². The summed E-state index contributed by atoms with van der Waals surface area (Å²) in [5.41, 5.74) is 2.80. The first-order valence-electron chi connectivity index (χ1n) is 9.38. The molecule has 1 amide bonds. The minimum absolute atomic E-state index is 0.114. The van der Waals surface area contributed by atoms with Gasteiger partial charge in [-0.2, -0.15) is 5.26 Å². The Hall–Kier alpha value is -2.56. The number of hydrogen-bond donors (Lipinski definition) is 1. The summed E-state index contributed by atoms with van der Waals surface area (Å²) >= 11 is 1.54. The molecule has 1 aromatic heterocycles. The first-order chi connectivity index (χ1) is 13.5. The molecule has 3 rings (SSSR count). The molecule has 1 aromatic carbocycles. The average Bonchev–Trinajstić information content (AvgIpc) is 3.23. The van der Waals surface area contributed by atoms with Crippen LogP contribution in [0.15, 0.2) is 18.2 Å². The number of fused-ring (bicyclic) bond motifs is 1. The number of hydrogen-bond acceptors (Lipinski definition) is 6. The largest absolute Gasteiger partial charge is 0.493 e. The highest BCUT2D eigenvalue weighted by molar-refractivity contribution is 7.16. The molecule has 0 aliphatic heterocycles. The molecule has 7 heteroatoms. The Morgan fingerprint density at radius 2 is 2.18 bits per heavy atom. The highest BCUT2D eigenvalue weighted by Crippen LogP contribution is 2.38. The summed E-state index contributed by atoms with van der Waals surface area (Å²) in [7, 11) is 3.51. The molecule has 28 heavy (non-hydrogen) atoms. The molecule has 1 heterocycles. The third-order valence-electron chi connectivity index (χ3n) is 4.68. The lowest BCUT2D eigenvalue weighted by atomic mass is 10.1. The summed E-state index contributed by atoms with van der Waals surface area (Å²) in [6.07, 6.45) is 3.03. The number of aryl methyl sites for hydroxylation is 1. The summed E-state index contributed by atoms with van der Waals surface area (Å²) in [5.74, 6) is 1.28. The molecule has 0 bridgehead atoms. The van der Waals surface area contributed by atoms with Crippen LogP contribution in [0.5, 0.6) is 11.5 Å². The Labute approximate surface area is 169 Å². The first kappa shape index (κ1) is 20.2. The van der Waals surface area contributed by atoms with Gasteiger partial charge in [0.2, 0.25) is 5.91 Å². The van der Waals surface area contributed by atoms with Gasteiger partial charge in [0.1, 0.15) is 11.1 Å². The van der Waals surface area contributed by atoms with Gasteiger partial charge in [-0.1, -0.05) is 6.07 Å². The van der Waals surface area contributed by atoms with Crippen molar-refractivity contribution in [3.05, 3.63) is 39.8 Å². The quantitative estimate of drug-likeness (QED) is 0.734. The molecule has 0 radical (unpaired) electrons. The fourth-order valence-electron chi connectivity index (χ4n) is 3.47. The van der Waals surface area contributed by atoms with Crippen molar-refractivity contribution < 1.29 is 14.3 Å². The normalized spacial score (nSPS) is 12.5. The number of methoxy groups -OCH3 is 1. The van der Waals surface area contributed by atoms with Crippen LogP contribution < -0.4 is 14.8 Å². The van der Waals surface area contributed by atoms with E-state index in [2.05, 4.69) is 11.4 Å². The second-order valence-electron chi connectivity index (χ2n) is 6.81. The zero-order chi connectivity index (χ0) is 20.1. The molecule has 6 nitrogen and oxygen atoms in total. The predicted octanol–water partition coefficient (Wildman–Crippen LogP) is 3.59. The van der Waals surface area contributed by atoms with Crippen LogP contribution in [0.25, 0.3) is 0 Å². The highest BCUT2D eigenvalue weighted by atomic mass is 32.1. The number of amides is 1. The predicted molar refractivity (Wildman–Crippen MR) is 110 cm³/mol. The van der Waals surface area contributed by atoms with E-state index in [0.717, 1.165) is 30.4 Å². The first-order valence-corrected chi connectivity index (χ1v) is 10.2. The third kappa shape index (κ3) is 4.46. The van der Waals surface area contributed by atoms with Crippen molar-refractivity contribution in [3.63, 3.8) is 0 Å². The number of ether oxygens (including phenoxy) is 2. The number of thiophene rings is 1. The van der Waals surface area contributed by atoms with E-state index < -0.39 is 0 Å². The van der Waals surface area contributed by atoms with Crippen molar-refractivity contribution in [2.45, 2.75) is 32.7 Å². The number of nitriles is 1. The zero-order valence-electron chi connectivity index (χ0n) is 16.5. The highest BCUT2D eigenvalue weighted by Gasteiger charge is 2.23. The summed E-state index contributed by atoms with van der Waals surface area (Å²) < 4.78 is 10.9. The van der Waals surface area contributed by atoms with Gasteiger partial charge in [-0.3, -0.25) is 9.69 Å². The van der Waals surface area contributed by atoms with Gasteiger partial charge in [0.05, 0.1) is 25.8 Å². The van der Waals surface area contributed by atoms with Crippen LogP contribution in [0.2, 0.25) is 0 Å².